The highest BCUT2D eigenvalue weighted by Gasteiger charge is 2.35. The van der Waals surface area contributed by atoms with Gasteiger partial charge in [0.25, 0.3) is 0 Å². The van der Waals surface area contributed by atoms with E-state index in [-0.39, 0.29) is 17.4 Å². The molecule has 1 aliphatic rings. The van der Waals surface area contributed by atoms with Gasteiger partial charge in [0.1, 0.15) is 11.6 Å². The van der Waals surface area contributed by atoms with Gasteiger partial charge in [0, 0.05) is 12.1 Å². The maximum absolute atomic E-state index is 13.4. The fourth-order valence-electron chi connectivity index (χ4n) is 3.15. The minimum atomic E-state index is -0.514. The Kier molecular flexibility index (Phi) is 3.95. The number of benzene rings is 1. The zero-order chi connectivity index (χ0) is 14.2. The van der Waals surface area contributed by atoms with Crippen LogP contribution in [0.3, 0.4) is 0 Å². The van der Waals surface area contributed by atoms with Crippen LogP contribution in [0.25, 0.3) is 0 Å². The highest BCUT2D eigenvalue weighted by atomic mass is 19.1. The molecule has 1 nitrogen and oxygen atoms in total. The lowest BCUT2D eigenvalue weighted by atomic mass is 9.66. The molecule has 1 aromatic rings. The van der Waals surface area contributed by atoms with E-state index in [1.807, 2.05) is 0 Å². The van der Waals surface area contributed by atoms with Crippen molar-refractivity contribution in [2.75, 3.05) is 0 Å². The zero-order valence-corrected chi connectivity index (χ0v) is 11.9. The quantitative estimate of drug-likeness (QED) is 0.810. The van der Waals surface area contributed by atoms with Crippen LogP contribution in [0.5, 0.6) is 0 Å². The van der Waals surface area contributed by atoms with Crippen LogP contribution in [-0.4, -0.2) is 6.04 Å². The fraction of sp³-hybridized carbons (Fsp3) is 0.625. The first-order valence-electron chi connectivity index (χ1n) is 6.99. The summed E-state index contributed by atoms with van der Waals surface area (Å²) in [6.45, 7) is 6.66. The lowest BCUT2D eigenvalue weighted by molar-refractivity contribution is 0.153. The second-order valence-corrected chi connectivity index (χ2v) is 6.85. The molecule has 0 spiro atoms. The molecule has 2 N–H and O–H groups in total. The average molecular weight is 267 g/mol. The molecule has 0 aromatic heterocycles. The Morgan fingerprint density at radius 2 is 1.63 bits per heavy atom. The molecular weight excluding hydrogens is 244 g/mol. The summed E-state index contributed by atoms with van der Waals surface area (Å²) in [4.78, 5) is 0. The van der Waals surface area contributed by atoms with Crippen LogP contribution in [0, 0.1) is 23.0 Å². The van der Waals surface area contributed by atoms with E-state index in [0.717, 1.165) is 25.3 Å². The summed E-state index contributed by atoms with van der Waals surface area (Å²) in [6.07, 6.45) is 2.93. The molecule has 1 saturated carbocycles. The minimum absolute atomic E-state index is 0.000185. The summed E-state index contributed by atoms with van der Waals surface area (Å²) in [6, 6.07) is 3.77. The monoisotopic (exact) mass is 267 g/mol. The summed E-state index contributed by atoms with van der Waals surface area (Å²) < 4.78 is 26.7. The standard InChI is InChI=1S/C16H23F2N/c1-16(2,3)11-4-5-15(19)14(8-11)10-6-12(17)9-13(18)7-10/h6-7,9,11,14-15H,4-5,8,19H2,1-3H3. The Morgan fingerprint density at radius 1 is 1.05 bits per heavy atom. The van der Waals surface area contributed by atoms with Gasteiger partial charge in [-0.3, -0.25) is 0 Å². The summed E-state index contributed by atoms with van der Waals surface area (Å²) in [5, 5.41) is 0. The van der Waals surface area contributed by atoms with E-state index in [1.54, 1.807) is 0 Å². The summed E-state index contributed by atoms with van der Waals surface area (Å²) in [5.41, 5.74) is 7.09. The van der Waals surface area contributed by atoms with Gasteiger partial charge < -0.3 is 5.73 Å². The van der Waals surface area contributed by atoms with Crippen molar-refractivity contribution in [3.8, 4) is 0 Å². The largest absolute Gasteiger partial charge is 0.327 e. The van der Waals surface area contributed by atoms with Gasteiger partial charge >= 0.3 is 0 Å². The normalized spacial score (nSPS) is 28.4. The maximum Gasteiger partial charge on any atom is 0.126 e. The number of halogens is 2. The van der Waals surface area contributed by atoms with Gasteiger partial charge in [0.05, 0.1) is 0 Å². The maximum atomic E-state index is 13.4. The molecule has 106 valence electrons. The minimum Gasteiger partial charge on any atom is -0.327 e. The van der Waals surface area contributed by atoms with Crippen LogP contribution < -0.4 is 5.73 Å². The van der Waals surface area contributed by atoms with Crippen molar-refractivity contribution in [1.29, 1.82) is 0 Å². The first kappa shape index (κ1) is 14.4. The number of nitrogens with two attached hydrogens (primary N) is 1. The second-order valence-electron chi connectivity index (χ2n) is 6.85. The molecule has 0 radical (unpaired) electrons. The van der Waals surface area contributed by atoms with E-state index in [1.165, 1.54) is 12.1 Å². The molecule has 19 heavy (non-hydrogen) atoms. The third kappa shape index (κ3) is 3.33. The van der Waals surface area contributed by atoms with Gasteiger partial charge in [-0.05, 0) is 54.2 Å². The number of rotatable bonds is 1. The molecular formula is C16H23F2N. The van der Waals surface area contributed by atoms with Crippen molar-refractivity contribution >= 4 is 0 Å². The molecule has 0 heterocycles. The first-order chi connectivity index (χ1) is 8.77. The van der Waals surface area contributed by atoms with Crippen molar-refractivity contribution in [3.63, 3.8) is 0 Å². The van der Waals surface area contributed by atoms with Gasteiger partial charge in [0.15, 0.2) is 0 Å². The molecule has 1 fully saturated rings. The van der Waals surface area contributed by atoms with E-state index >= 15 is 0 Å². The van der Waals surface area contributed by atoms with Crippen LogP contribution in [0.1, 0.15) is 51.5 Å². The molecule has 2 rings (SSSR count). The molecule has 0 aliphatic heterocycles. The predicted octanol–water partition coefficient (Wildman–Crippen LogP) is 4.22. The molecule has 3 unspecified atom stereocenters. The van der Waals surface area contributed by atoms with Crippen molar-refractivity contribution in [2.24, 2.45) is 17.1 Å². The highest BCUT2D eigenvalue weighted by molar-refractivity contribution is 5.24. The molecule has 1 aliphatic carbocycles. The molecule has 3 heteroatoms. The Bertz CT molecular complexity index is 430. The van der Waals surface area contributed by atoms with E-state index in [9.17, 15) is 8.78 Å². The van der Waals surface area contributed by atoms with E-state index in [4.69, 9.17) is 5.73 Å². The van der Waals surface area contributed by atoms with Crippen molar-refractivity contribution in [2.45, 2.75) is 52.0 Å². The summed E-state index contributed by atoms with van der Waals surface area (Å²) >= 11 is 0. The lowest BCUT2D eigenvalue weighted by Gasteiger charge is -2.41. The van der Waals surface area contributed by atoms with Crippen LogP contribution in [0.15, 0.2) is 18.2 Å². The number of hydrogen-bond donors (Lipinski definition) is 1. The van der Waals surface area contributed by atoms with E-state index < -0.39 is 11.6 Å². The van der Waals surface area contributed by atoms with Crippen molar-refractivity contribution < 1.29 is 8.78 Å². The third-order valence-corrected chi connectivity index (χ3v) is 4.44. The van der Waals surface area contributed by atoms with Crippen molar-refractivity contribution in [1.82, 2.24) is 0 Å². The highest BCUT2D eigenvalue weighted by Crippen LogP contribution is 2.43. The van der Waals surface area contributed by atoms with Crippen LogP contribution >= 0.6 is 0 Å². The molecule has 3 atom stereocenters. The van der Waals surface area contributed by atoms with Crippen LogP contribution in [0.2, 0.25) is 0 Å². The smallest absolute Gasteiger partial charge is 0.126 e. The molecule has 1 aromatic carbocycles. The van der Waals surface area contributed by atoms with Crippen molar-refractivity contribution in [3.05, 3.63) is 35.4 Å². The molecule has 0 bridgehead atoms. The van der Waals surface area contributed by atoms with Gasteiger partial charge in [-0.1, -0.05) is 20.8 Å². The Labute approximate surface area is 114 Å². The predicted molar refractivity (Wildman–Crippen MR) is 73.9 cm³/mol. The third-order valence-electron chi connectivity index (χ3n) is 4.44. The topological polar surface area (TPSA) is 26.0 Å². The zero-order valence-electron chi connectivity index (χ0n) is 11.9. The van der Waals surface area contributed by atoms with E-state index in [0.29, 0.717) is 11.5 Å². The fourth-order valence-corrected chi connectivity index (χ4v) is 3.15. The Balaban J connectivity index is 2.26. The lowest BCUT2D eigenvalue weighted by Crippen LogP contribution is -2.38. The number of hydrogen-bond acceptors (Lipinski definition) is 1. The van der Waals surface area contributed by atoms with Gasteiger partial charge in [-0.2, -0.15) is 0 Å². The first-order valence-corrected chi connectivity index (χ1v) is 6.99. The molecule has 0 saturated heterocycles. The Hall–Kier alpha value is -0.960. The van der Waals surface area contributed by atoms with Gasteiger partial charge in [0.2, 0.25) is 0 Å². The Morgan fingerprint density at radius 3 is 2.16 bits per heavy atom. The second kappa shape index (κ2) is 5.20. The van der Waals surface area contributed by atoms with Crippen LogP contribution in [-0.2, 0) is 0 Å². The SMILES string of the molecule is CC(C)(C)C1CCC(N)C(c2cc(F)cc(F)c2)C1. The van der Waals surface area contributed by atoms with Gasteiger partial charge in [-0.25, -0.2) is 8.78 Å². The summed E-state index contributed by atoms with van der Waals surface area (Å²) in [5.74, 6) is -0.424. The van der Waals surface area contributed by atoms with Gasteiger partial charge in [-0.15, -0.1) is 0 Å². The van der Waals surface area contributed by atoms with Crippen LogP contribution in [0.4, 0.5) is 8.78 Å². The molecule has 0 amide bonds. The average Bonchev–Trinajstić information content (AvgIpc) is 2.26. The summed E-state index contributed by atoms with van der Waals surface area (Å²) in [7, 11) is 0. The van der Waals surface area contributed by atoms with E-state index in [2.05, 4.69) is 20.8 Å².